The second-order valence-electron chi connectivity index (χ2n) is 3.95. The molecule has 2 heterocycles. The fraction of sp³-hybridized carbons (Fsp3) is 0.500. The van der Waals surface area contributed by atoms with Gasteiger partial charge in [-0.25, -0.2) is 8.42 Å². The molecule has 1 aromatic rings. The number of likely N-dealkylation sites (N-methyl/N-ethyl adjacent to an activating group) is 1. The molecule has 0 aromatic carbocycles. The molecule has 1 saturated heterocycles. The molecule has 1 N–H and O–H groups in total. The number of sulfonamides is 1. The fourth-order valence-electron chi connectivity index (χ4n) is 2.01. The second kappa shape index (κ2) is 5.16. The first-order chi connectivity index (χ1) is 8.46. The van der Waals surface area contributed by atoms with Crippen molar-refractivity contribution in [1.29, 1.82) is 0 Å². The highest BCUT2D eigenvalue weighted by atomic mass is 35.5. The van der Waals surface area contributed by atoms with E-state index in [-0.39, 0.29) is 10.1 Å². The van der Waals surface area contributed by atoms with Crippen LogP contribution in [0.25, 0.3) is 0 Å². The van der Waals surface area contributed by atoms with Crippen LogP contribution in [0.15, 0.2) is 16.3 Å². The van der Waals surface area contributed by atoms with Crippen LogP contribution in [0.5, 0.6) is 0 Å². The number of halogens is 1. The van der Waals surface area contributed by atoms with Gasteiger partial charge < -0.3 is 5.32 Å². The average molecular weight is 309 g/mol. The van der Waals surface area contributed by atoms with Crippen molar-refractivity contribution in [3.8, 4) is 0 Å². The van der Waals surface area contributed by atoms with E-state index in [4.69, 9.17) is 11.6 Å². The van der Waals surface area contributed by atoms with Crippen molar-refractivity contribution < 1.29 is 13.2 Å². The van der Waals surface area contributed by atoms with E-state index in [1.54, 1.807) is 6.07 Å². The lowest BCUT2D eigenvalue weighted by Crippen LogP contribution is -2.44. The van der Waals surface area contributed by atoms with E-state index in [1.807, 2.05) is 0 Å². The Morgan fingerprint density at radius 1 is 1.56 bits per heavy atom. The molecule has 1 aliphatic heterocycles. The highest BCUT2D eigenvalue weighted by molar-refractivity contribution is 7.91. The molecule has 1 unspecified atom stereocenters. The van der Waals surface area contributed by atoms with Crippen molar-refractivity contribution in [3.63, 3.8) is 0 Å². The first-order valence-electron chi connectivity index (χ1n) is 5.45. The van der Waals surface area contributed by atoms with Crippen LogP contribution in [0.1, 0.15) is 12.8 Å². The first-order valence-corrected chi connectivity index (χ1v) is 8.09. The number of amides is 1. The van der Waals surface area contributed by atoms with Gasteiger partial charge in [0.25, 0.3) is 10.0 Å². The van der Waals surface area contributed by atoms with E-state index >= 15 is 0 Å². The molecule has 0 spiro atoms. The summed E-state index contributed by atoms with van der Waals surface area (Å²) >= 11 is 6.76. The van der Waals surface area contributed by atoms with Crippen LogP contribution in [0.2, 0.25) is 4.34 Å². The number of thiophene rings is 1. The molecule has 0 radical (unpaired) electrons. The zero-order valence-corrected chi connectivity index (χ0v) is 12.1. The van der Waals surface area contributed by atoms with Crippen molar-refractivity contribution in [2.24, 2.45) is 0 Å². The van der Waals surface area contributed by atoms with Gasteiger partial charge in [-0.1, -0.05) is 11.6 Å². The predicted molar refractivity (Wildman–Crippen MR) is 70.3 cm³/mol. The zero-order chi connectivity index (χ0) is 13.3. The molecule has 1 aliphatic rings. The van der Waals surface area contributed by atoms with E-state index in [2.05, 4.69) is 5.32 Å². The van der Waals surface area contributed by atoms with Crippen LogP contribution < -0.4 is 5.32 Å². The lowest BCUT2D eigenvalue weighted by Gasteiger charge is -2.21. The molecule has 0 aliphatic carbocycles. The number of hydrogen-bond acceptors (Lipinski definition) is 4. The quantitative estimate of drug-likeness (QED) is 0.915. The minimum Gasteiger partial charge on any atom is -0.358 e. The summed E-state index contributed by atoms with van der Waals surface area (Å²) in [6.45, 7) is 0.371. The van der Waals surface area contributed by atoms with Crippen LogP contribution in [0.3, 0.4) is 0 Å². The molecule has 1 fully saturated rings. The number of carbonyl (C=O) groups is 1. The normalized spacial score (nSPS) is 21.1. The number of carbonyl (C=O) groups excluding carboxylic acids is 1. The van der Waals surface area contributed by atoms with Crippen molar-refractivity contribution in [2.75, 3.05) is 13.6 Å². The van der Waals surface area contributed by atoms with Gasteiger partial charge in [0.15, 0.2) is 0 Å². The lowest BCUT2D eigenvalue weighted by atomic mass is 10.2. The maximum atomic E-state index is 12.4. The predicted octanol–water partition coefficient (Wildman–Crippen LogP) is 1.30. The van der Waals surface area contributed by atoms with Crippen molar-refractivity contribution in [2.45, 2.75) is 23.1 Å². The van der Waals surface area contributed by atoms with Crippen LogP contribution >= 0.6 is 22.9 Å². The molecule has 8 heteroatoms. The summed E-state index contributed by atoms with van der Waals surface area (Å²) in [7, 11) is -2.11. The zero-order valence-electron chi connectivity index (χ0n) is 9.72. The molecule has 1 aromatic heterocycles. The van der Waals surface area contributed by atoms with Gasteiger partial charge in [0, 0.05) is 13.6 Å². The Morgan fingerprint density at radius 3 is 2.83 bits per heavy atom. The second-order valence-corrected chi connectivity index (χ2v) is 7.78. The van der Waals surface area contributed by atoms with E-state index in [0.29, 0.717) is 23.7 Å². The standard InChI is InChI=1S/C10H13ClN2O3S2/c1-12-10(14)7-3-2-6-13(7)18(15,16)9-5-4-8(11)17-9/h4-5,7H,2-3,6H2,1H3,(H,12,14). The van der Waals surface area contributed by atoms with Gasteiger partial charge in [0.05, 0.1) is 4.34 Å². The monoisotopic (exact) mass is 308 g/mol. The molecule has 2 rings (SSSR count). The SMILES string of the molecule is CNC(=O)C1CCCN1S(=O)(=O)c1ccc(Cl)s1. The molecular formula is C10H13ClN2O3S2. The number of nitrogens with one attached hydrogen (secondary N) is 1. The van der Waals surface area contributed by atoms with Crippen molar-refractivity contribution >= 4 is 38.9 Å². The summed E-state index contributed by atoms with van der Waals surface area (Å²) in [5, 5.41) is 2.50. The molecule has 1 amide bonds. The van der Waals surface area contributed by atoms with E-state index in [1.165, 1.54) is 17.4 Å². The van der Waals surface area contributed by atoms with E-state index in [0.717, 1.165) is 11.3 Å². The van der Waals surface area contributed by atoms with Crippen molar-refractivity contribution in [3.05, 3.63) is 16.5 Å². The molecule has 5 nitrogen and oxygen atoms in total. The minimum atomic E-state index is -3.62. The Bertz CT molecular complexity index is 555. The molecule has 0 saturated carbocycles. The third-order valence-electron chi connectivity index (χ3n) is 2.86. The summed E-state index contributed by atoms with van der Waals surface area (Å²) in [6, 6.07) is 2.41. The molecule has 18 heavy (non-hydrogen) atoms. The maximum absolute atomic E-state index is 12.4. The van der Waals surface area contributed by atoms with Gasteiger partial charge in [-0.05, 0) is 25.0 Å². The highest BCUT2D eigenvalue weighted by Crippen LogP contribution is 2.32. The number of hydrogen-bond donors (Lipinski definition) is 1. The van der Waals surface area contributed by atoms with Crippen LogP contribution in [-0.2, 0) is 14.8 Å². The third-order valence-corrected chi connectivity index (χ3v) is 6.47. The van der Waals surface area contributed by atoms with Gasteiger partial charge in [0.1, 0.15) is 10.3 Å². The summed E-state index contributed by atoms with van der Waals surface area (Å²) in [4.78, 5) is 11.7. The first kappa shape index (κ1) is 13.8. The largest absolute Gasteiger partial charge is 0.358 e. The summed E-state index contributed by atoms with van der Waals surface area (Å²) in [5.41, 5.74) is 0. The fourth-order valence-corrected chi connectivity index (χ4v) is 5.28. The van der Waals surface area contributed by atoms with E-state index in [9.17, 15) is 13.2 Å². The number of nitrogens with zero attached hydrogens (tertiary/aromatic N) is 1. The molecule has 0 bridgehead atoms. The number of rotatable bonds is 3. The summed E-state index contributed by atoms with van der Waals surface area (Å²) < 4.78 is 26.6. The molecule has 1 atom stereocenters. The Kier molecular flexibility index (Phi) is 3.96. The Hall–Kier alpha value is -0.630. The summed E-state index contributed by atoms with van der Waals surface area (Å²) in [6.07, 6.45) is 1.24. The lowest BCUT2D eigenvalue weighted by molar-refractivity contribution is -0.123. The Labute approximate surface area is 115 Å². The van der Waals surface area contributed by atoms with Gasteiger partial charge >= 0.3 is 0 Å². The van der Waals surface area contributed by atoms with Crippen molar-refractivity contribution in [1.82, 2.24) is 9.62 Å². The minimum absolute atomic E-state index is 0.184. The molecule has 100 valence electrons. The van der Waals surface area contributed by atoms with Gasteiger partial charge in [-0.15, -0.1) is 11.3 Å². The molecular weight excluding hydrogens is 296 g/mol. The van der Waals surface area contributed by atoms with Gasteiger partial charge in [-0.2, -0.15) is 4.31 Å². The Balaban J connectivity index is 2.32. The van der Waals surface area contributed by atoms with Crippen LogP contribution in [0, 0.1) is 0 Å². The van der Waals surface area contributed by atoms with Gasteiger partial charge in [0.2, 0.25) is 5.91 Å². The average Bonchev–Trinajstić information content (AvgIpc) is 2.96. The van der Waals surface area contributed by atoms with Crippen LogP contribution in [0.4, 0.5) is 0 Å². The summed E-state index contributed by atoms with van der Waals surface area (Å²) in [5.74, 6) is -0.265. The smallest absolute Gasteiger partial charge is 0.253 e. The highest BCUT2D eigenvalue weighted by Gasteiger charge is 2.39. The van der Waals surface area contributed by atoms with E-state index < -0.39 is 16.1 Å². The Morgan fingerprint density at radius 2 is 2.28 bits per heavy atom. The van der Waals surface area contributed by atoms with Crippen LogP contribution in [-0.4, -0.2) is 38.3 Å². The maximum Gasteiger partial charge on any atom is 0.253 e. The topological polar surface area (TPSA) is 66.5 Å². The third kappa shape index (κ3) is 2.40. The van der Waals surface area contributed by atoms with Gasteiger partial charge in [-0.3, -0.25) is 4.79 Å².